The molecule has 3 aromatic rings. The molecular formula is C24H26N4O3S. The van der Waals surface area contributed by atoms with Crippen molar-refractivity contribution in [3.63, 3.8) is 0 Å². The molecule has 2 aliphatic rings. The van der Waals surface area contributed by atoms with Crippen LogP contribution in [-0.2, 0) is 14.3 Å². The summed E-state index contributed by atoms with van der Waals surface area (Å²) in [5.74, 6) is -0.156. The highest BCUT2D eigenvalue weighted by Gasteiger charge is 2.32. The number of ether oxygens (including phenoxy) is 1. The number of rotatable bonds is 5. The highest BCUT2D eigenvalue weighted by Crippen LogP contribution is 2.32. The minimum Gasteiger partial charge on any atom is -0.378 e. The fraction of sp³-hybridized carbons (Fsp3) is 0.375. The minimum atomic E-state index is -0.634. The lowest BCUT2D eigenvalue weighted by molar-refractivity contribution is -0.141. The van der Waals surface area contributed by atoms with Crippen molar-refractivity contribution < 1.29 is 14.3 Å². The summed E-state index contributed by atoms with van der Waals surface area (Å²) >= 11 is 1.62. The Kier molecular flexibility index (Phi) is 6.05. The molecule has 166 valence electrons. The Labute approximate surface area is 191 Å². The summed E-state index contributed by atoms with van der Waals surface area (Å²) < 4.78 is 6.46. The van der Waals surface area contributed by atoms with Gasteiger partial charge in [0.2, 0.25) is 5.91 Å². The van der Waals surface area contributed by atoms with Crippen LogP contribution < -0.4 is 10.2 Å². The summed E-state index contributed by atoms with van der Waals surface area (Å²) in [6.45, 7) is 3.71. The number of nitrogens with zero attached hydrogens (tertiary/aromatic N) is 3. The third-order valence-corrected chi connectivity index (χ3v) is 7.04. The number of amides is 2. The Morgan fingerprint density at radius 1 is 1.06 bits per heavy atom. The zero-order valence-corrected chi connectivity index (χ0v) is 18.6. The average molecular weight is 451 g/mol. The Balaban J connectivity index is 1.39. The van der Waals surface area contributed by atoms with Crippen LogP contribution in [-0.4, -0.2) is 54.5 Å². The van der Waals surface area contributed by atoms with Crippen LogP contribution >= 0.6 is 11.3 Å². The molecule has 1 aromatic heterocycles. The minimum absolute atomic E-state index is 0.0355. The Morgan fingerprint density at radius 3 is 2.66 bits per heavy atom. The van der Waals surface area contributed by atoms with E-state index in [9.17, 15) is 9.59 Å². The highest BCUT2D eigenvalue weighted by atomic mass is 32.1. The highest BCUT2D eigenvalue weighted by molar-refractivity contribution is 7.22. The van der Waals surface area contributed by atoms with Gasteiger partial charge < -0.3 is 19.9 Å². The van der Waals surface area contributed by atoms with Crippen LogP contribution in [0.4, 0.5) is 10.8 Å². The molecule has 8 heteroatoms. The first-order valence-corrected chi connectivity index (χ1v) is 11.9. The fourth-order valence-electron chi connectivity index (χ4n) is 4.30. The van der Waals surface area contributed by atoms with Crippen LogP contribution in [0.25, 0.3) is 10.2 Å². The van der Waals surface area contributed by atoms with Crippen molar-refractivity contribution in [2.45, 2.75) is 25.3 Å². The third-order valence-electron chi connectivity index (χ3n) is 5.96. The first kappa shape index (κ1) is 20.9. The maximum Gasteiger partial charge on any atom is 0.251 e. The number of aromatic nitrogens is 1. The molecule has 2 fully saturated rings. The molecule has 2 aromatic carbocycles. The third kappa shape index (κ3) is 4.33. The number of carbonyl (C=O) groups excluding carboxylic acids is 2. The van der Waals surface area contributed by atoms with Crippen LogP contribution in [0.2, 0.25) is 0 Å². The van der Waals surface area contributed by atoms with Gasteiger partial charge in [0.05, 0.1) is 23.4 Å². The molecule has 0 radical (unpaired) electrons. The van der Waals surface area contributed by atoms with Gasteiger partial charge in [-0.3, -0.25) is 9.59 Å². The number of likely N-dealkylation sites (tertiary alicyclic amines) is 1. The van der Waals surface area contributed by atoms with E-state index in [1.807, 2.05) is 48.5 Å². The molecule has 0 bridgehead atoms. The predicted octanol–water partition coefficient (Wildman–Crippen LogP) is 3.83. The summed E-state index contributed by atoms with van der Waals surface area (Å²) in [7, 11) is 0. The quantitative estimate of drug-likeness (QED) is 0.640. The van der Waals surface area contributed by atoms with E-state index in [0.29, 0.717) is 31.9 Å². The normalized spacial score (nSPS) is 18.1. The van der Waals surface area contributed by atoms with Crippen LogP contribution in [0.5, 0.6) is 0 Å². The number of hydrogen-bond donors (Lipinski definition) is 1. The zero-order valence-electron chi connectivity index (χ0n) is 17.8. The molecule has 3 heterocycles. The molecular weight excluding hydrogens is 424 g/mol. The van der Waals surface area contributed by atoms with E-state index in [1.54, 1.807) is 16.2 Å². The number of thiazole rings is 1. The Hall–Kier alpha value is -2.97. The monoisotopic (exact) mass is 450 g/mol. The van der Waals surface area contributed by atoms with E-state index in [2.05, 4.69) is 10.2 Å². The average Bonchev–Trinajstić information content (AvgIpc) is 3.25. The van der Waals surface area contributed by atoms with Gasteiger partial charge in [0.15, 0.2) is 5.13 Å². The Morgan fingerprint density at radius 2 is 1.88 bits per heavy atom. The summed E-state index contributed by atoms with van der Waals surface area (Å²) in [4.78, 5) is 34.7. The van der Waals surface area contributed by atoms with Crippen LogP contribution in [0, 0.1) is 0 Å². The molecule has 7 nitrogen and oxygen atoms in total. The van der Waals surface area contributed by atoms with Gasteiger partial charge in [0.1, 0.15) is 6.04 Å². The first-order chi connectivity index (χ1) is 15.7. The van der Waals surface area contributed by atoms with Gasteiger partial charge >= 0.3 is 0 Å². The molecule has 5 rings (SSSR count). The number of anilines is 2. The molecule has 1 N–H and O–H groups in total. The van der Waals surface area contributed by atoms with Crippen LogP contribution in [0.3, 0.4) is 0 Å². The number of hydrogen-bond acceptors (Lipinski definition) is 6. The van der Waals surface area contributed by atoms with E-state index < -0.39 is 6.04 Å². The molecule has 1 atom stereocenters. The molecule has 1 unspecified atom stereocenters. The van der Waals surface area contributed by atoms with Gasteiger partial charge in [-0.25, -0.2) is 4.98 Å². The molecule has 32 heavy (non-hydrogen) atoms. The number of fused-ring (bicyclic) bond motifs is 1. The second kappa shape index (κ2) is 9.26. The van der Waals surface area contributed by atoms with E-state index in [4.69, 9.17) is 9.72 Å². The van der Waals surface area contributed by atoms with E-state index in [-0.39, 0.29) is 11.8 Å². The smallest absolute Gasteiger partial charge is 0.251 e. The van der Waals surface area contributed by atoms with Gasteiger partial charge in [-0.1, -0.05) is 41.7 Å². The van der Waals surface area contributed by atoms with Crippen LogP contribution in [0.1, 0.15) is 30.9 Å². The lowest BCUT2D eigenvalue weighted by atomic mass is 10.0. The number of benzene rings is 2. The molecule has 0 spiro atoms. The van der Waals surface area contributed by atoms with E-state index in [1.165, 1.54) is 0 Å². The summed E-state index contributed by atoms with van der Waals surface area (Å²) in [6, 6.07) is 14.7. The SMILES string of the molecule is O=C(Nc1ccc2nc(N3CCOCC3)sc2c1)C(c1ccccc1)N1CCCCC1=O. The van der Waals surface area contributed by atoms with Gasteiger partial charge in [0, 0.05) is 31.7 Å². The van der Waals surface area contributed by atoms with E-state index >= 15 is 0 Å². The van der Waals surface area contributed by atoms with Crippen molar-refractivity contribution in [2.24, 2.45) is 0 Å². The standard InChI is InChI=1S/C24H26N4O3S/c29-21-8-4-5-11-28(21)22(17-6-2-1-3-7-17)23(30)25-18-9-10-19-20(16-18)32-24(26-19)27-12-14-31-15-13-27/h1-3,6-7,9-10,16,22H,4-5,8,11-15H2,(H,25,30). The summed E-state index contributed by atoms with van der Waals surface area (Å²) in [6.07, 6.45) is 2.29. The number of carbonyl (C=O) groups is 2. The maximum absolute atomic E-state index is 13.4. The van der Waals surface area contributed by atoms with Crippen molar-refractivity contribution in [3.05, 3.63) is 54.1 Å². The molecule has 0 aliphatic carbocycles. The Bertz CT molecular complexity index is 1110. The molecule has 2 amide bonds. The van der Waals surface area contributed by atoms with Crippen molar-refractivity contribution in [1.82, 2.24) is 9.88 Å². The number of piperidine rings is 1. The molecule has 2 saturated heterocycles. The van der Waals surface area contributed by atoms with Crippen molar-refractivity contribution >= 4 is 44.2 Å². The number of morpholine rings is 1. The maximum atomic E-state index is 13.4. The first-order valence-electron chi connectivity index (χ1n) is 11.1. The lowest BCUT2D eigenvalue weighted by Gasteiger charge is -2.34. The van der Waals surface area contributed by atoms with Gasteiger partial charge in [-0.15, -0.1) is 0 Å². The molecule has 0 saturated carbocycles. The topological polar surface area (TPSA) is 74.8 Å². The van der Waals surface area contributed by atoms with Gasteiger partial charge in [-0.2, -0.15) is 0 Å². The summed E-state index contributed by atoms with van der Waals surface area (Å²) in [5, 5.41) is 4.03. The van der Waals surface area contributed by atoms with Crippen molar-refractivity contribution in [3.8, 4) is 0 Å². The lowest BCUT2D eigenvalue weighted by Crippen LogP contribution is -2.43. The van der Waals surface area contributed by atoms with Gasteiger partial charge in [-0.05, 0) is 36.6 Å². The molecule has 2 aliphatic heterocycles. The fourth-order valence-corrected chi connectivity index (χ4v) is 5.36. The largest absolute Gasteiger partial charge is 0.378 e. The predicted molar refractivity (Wildman–Crippen MR) is 126 cm³/mol. The van der Waals surface area contributed by atoms with Crippen molar-refractivity contribution in [1.29, 1.82) is 0 Å². The van der Waals surface area contributed by atoms with Gasteiger partial charge in [0.25, 0.3) is 5.91 Å². The zero-order chi connectivity index (χ0) is 21.9. The van der Waals surface area contributed by atoms with E-state index in [0.717, 1.165) is 46.8 Å². The second-order valence-corrected chi connectivity index (χ2v) is 9.13. The number of nitrogens with one attached hydrogen (secondary N) is 1. The van der Waals surface area contributed by atoms with Crippen LogP contribution in [0.15, 0.2) is 48.5 Å². The van der Waals surface area contributed by atoms with Crippen molar-refractivity contribution in [2.75, 3.05) is 43.1 Å². The second-order valence-electron chi connectivity index (χ2n) is 8.13. The summed E-state index contributed by atoms with van der Waals surface area (Å²) in [5.41, 5.74) is 2.46.